The molecule has 2 atom stereocenters. The summed E-state index contributed by atoms with van der Waals surface area (Å²) in [6, 6.07) is 17.6. The molecule has 0 spiro atoms. The molecule has 1 aliphatic heterocycles. The van der Waals surface area contributed by atoms with Crippen LogP contribution in [-0.2, 0) is 26.9 Å². The Morgan fingerprint density at radius 1 is 1.04 bits per heavy atom. The lowest BCUT2D eigenvalue weighted by atomic mass is 10.1. The summed E-state index contributed by atoms with van der Waals surface area (Å²) in [6.07, 6.45) is 0.621. The van der Waals surface area contributed by atoms with Gasteiger partial charge in [-0.05, 0) is 31.4 Å². The first-order valence-corrected chi connectivity index (χ1v) is 10.3. The lowest BCUT2D eigenvalue weighted by Gasteiger charge is -2.37. The summed E-state index contributed by atoms with van der Waals surface area (Å²) in [4.78, 5) is 0. The van der Waals surface area contributed by atoms with Crippen molar-refractivity contribution in [2.24, 2.45) is 0 Å². The fourth-order valence-electron chi connectivity index (χ4n) is 3.16. The predicted octanol–water partition coefficient (Wildman–Crippen LogP) is 3.16. The molecule has 0 aromatic heterocycles. The van der Waals surface area contributed by atoms with Crippen molar-refractivity contribution in [1.29, 1.82) is 0 Å². The van der Waals surface area contributed by atoms with E-state index in [1.165, 1.54) is 0 Å². The third-order valence-corrected chi connectivity index (χ3v) is 6.50. The van der Waals surface area contributed by atoms with Gasteiger partial charge < -0.3 is 4.74 Å². The van der Waals surface area contributed by atoms with Crippen LogP contribution in [0.2, 0.25) is 0 Å². The fraction of sp³-hybridized carbons (Fsp3) is 0.400. The molecule has 0 saturated carbocycles. The highest BCUT2D eigenvalue weighted by atomic mass is 32.2. The number of morpholine rings is 1. The zero-order chi connectivity index (χ0) is 17.9. The molecule has 4 nitrogen and oxygen atoms in total. The molecule has 1 heterocycles. The van der Waals surface area contributed by atoms with E-state index in [0.29, 0.717) is 13.2 Å². The Morgan fingerprint density at radius 3 is 2.40 bits per heavy atom. The van der Waals surface area contributed by atoms with Gasteiger partial charge in [-0.25, -0.2) is 8.42 Å². The number of rotatable bonds is 5. The Hall–Kier alpha value is -1.69. The monoisotopic (exact) mass is 359 g/mol. The van der Waals surface area contributed by atoms with Crippen molar-refractivity contribution in [3.63, 3.8) is 0 Å². The van der Waals surface area contributed by atoms with Gasteiger partial charge in [0.15, 0.2) is 0 Å². The Labute approximate surface area is 150 Å². The quantitative estimate of drug-likeness (QED) is 0.824. The van der Waals surface area contributed by atoms with Gasteiger partial charge in [-0.3, -0.25) is 0 Å². The maximum Gasteiger partial charge on any atom is 0.218 e. The molecule has 25 heavy (non-hydrogen) atoms. The second kappa shape index (κ2) is 7.68. The summed E-state index contributed by atoms with van der Waals surface area (Å²) in [7, 11) is -3.37. The molecule has 3 rings (SSSR count). The Bertz CT molecular complexity index is 787. The Morgan fingerprint density at radius 2 is 1.72 bits per heavy atom. The number of nitrogens with zero attached hydrogens (tertiary/aromatic N) is 1. The van der Waals surface area contributed by atoms with E-state index in [1.54, 1.807) is 4.31 Å². The third kappa shape index (κ3) is 4.69. The average molecular weight is 359 g/mol. The SMILES string of the molecule is Cc1ccc(CS(=O)(=O)N2CC(Cc3ccccc3)OCC2C)cc1. The van der Waals surface area contributed by atoms with Crippen LogP contribution in [0.25, 0.3) is 0 Å². The lowest BCUT2D eigenvalue weighted by molar-refractivity contribution is -0.0265. The van der Waals surface area contributed by atoms with Crippen molar-refractivity contribution >= 4 is 10.0 Å². The van der Waals surface area contributed by atoms with Gasteiger partial charge in [-0.1, -0.05) is 60.2 Å². The molecule has 0 N–H and O–H groups in total. The van der Waals surface area contributed by atoms with Crippen LogP contribution in [0.4, 0.5) is 0 Å². The summed E-state index contributed by atoms with van der Waals surface area (Å²) in [5, 5.41) is 0. The van der Waals surface area contributed by atoms with E-state index in [2.05, 4.69) is 0 Å². The van der Waals surface area contributed by atoms with Crippen LogP contribution in [0.1, 0.15) is 23.6 Å². The molecule has 0 aliphatic carbocycles. The van der Waals surface area contributed by atoms with Crippen LogP contribution in [0.5, 0.6) is 0 Å². The summed E-state index contributed by atoms with van der Waals surface area (Å²) < 4.78 is 33.3. The molecule has 2 unspecified atom stereocenters. The molecule has 1 aliphatic rings. The van der Waals surface area contributed by atoms with Crippen molar-refractivity contribution in [2.45, 2.75) is 38.2 Å². The largest absolute Gasteiger partial charge is 0.375 e. The number of sulfonamides is 1. The van der Waals surface area contributed by atoms with Gasteiger partial charge in [0.25, 0.3) is 0 Å². The topological polar surface area (TPSA) is 46.6 Å². The summed E-state index contributed by atoms with van der Waals surface area (Å²) in [6.45, 7) is 4.75. The third-order valence-electron chi connectivity index (χ3n) is 4.58. The van der Waals surface area contributed by atoms with Gasteiger partial charge in [0, 0.05) is 12.6 Å². The van der Waals surface area contributed by atoms with Crippen molar-refractivity contribution in [3.05, 3.63) is 71.3 Å². The average Bonchev–Trinajstić information content (AvgIpc) is 2.59. The zero-order valence-electron chi connectivity index (χ0n) is 14.8. The summed E-state index contributed by atoms with van der Waals surface area (Å²) in [5.41, 5.74) is 3.12. The highest BCUT2D eigenvalue weighted by molar-refractivity contribution is 7.88. The van der Waals surface area contributed by atoms with E-state index in [0.717, 1.165) is 23.1 Å². The van der Waals surface area contributed by atoms with Gasteiger partial charge in [0.05, 0.1) is 18.5 Å². The van der Waals surface area contributed by atoms with E-state index < -0.39 is 10.0 Å². The number of hydrogen-bond acceptors (Lipinski definition) is 3. The van der Waals surface area contributed by atoms with Crippen molar-refractivity contribution in [1.82, 2.24) is 4.31 Å². The summed E-state index contributed by atoms with van der Waals surface area (Å²) >= 11 is 0. The molecular weight excluding hydrogens is 334 g/mol. The first-order valence-electron chi connectivity index (χ1n) is 8.64. The zero-order valence-corrected chi connectivity index (χ0v) is 15.6. The van der Waals surface area contributed by atoms with Gasteiger partial charge in [0.1, 0.15) is 0 Å². The van der Waals surface area contributed by atoms with Crippen molar-refractivity contribution in [2.75, 3.05) is 13.2 Å². The van der Waals surface area contributed by atoms with Gasteiger partial charge in [-0.15, -0.1) is 0 Å². The van der Waals surface area contributed by atoms with E-state index in [-0.39, 0.29) is 17.9 Å². The number of ether oxygens (including phenoxy) is 1. The number of hydrogen-bond donors (Lipinski definition) is 0. The molecule has 5 heteroatoms. The number of benzene rings is 2. The second-order valence-electron chi connectivity index (χ2n) is 6.81. The molecule has 1 saturated heterocycles. The maximum absolute atomic E-state index is 12.9. The minimum atomic E-state index is -3.37. The van der Waals surface area contributed by atoms with Crippen LogP contribution in [0, 0.1) is 6.92 Å². The van der Waals surface area contributed by atoms with Crippen molar-refractivity contribution in [3.8, 4) is 0 Å². The highest BCUT2D eigenvalue weighted by Gasteiger charge is 2.34. The number of aryl methyl sites for hydroxylation is 1. The van der Waals surface area contributed by atoms with Crippen LogP contribution in [0.3, 0.4) is 0 Å². The van der Waals surface area contributed by atoms with Crippen LogP contribution < -0.4 is 0 Å². The first kappa shape index (κ1) is 18.1. The van der Waals surface area contributed by atoms with Gasteiger partial charge in [0.2, 0.25) is 10.0 Å². The van der Waals surface area contributed by atoms with E-state index in [9.17, 15) is 8.42 Å². The Balaban J connectivity index is 1.71. The van der Waals surface area contributed by atoms with Crippen molar-refractivity contribution < 1.29 is 13.2 Å². The predicted molar refractivity (Wildman–Crippen MR) is 99.9 cm³/mol. The fourth-order valence-corrected chi connectivity index (χ4v) is 4.94. The van der Waals surface area contributed by atoms with Crippen LogP contribution >= 0.6 is 0 Å². The molecule has 2 aromatic rings. The van der Waals surface area contributed by atoms with E-state index in [4.69, 9.17) is 4.74 Å². The maximum atomic E-state index is 12.9. The normalized spacial score (nSPS) is 22.0. The smallest absolute Gasteiger partial charge is 0.218 e. The molecule has 1 fully saturated rings. The molecular formula is C20H25NO3S. The van der Waals surface area contributed by atoms with E-state index >= 15 is 0 Å². The Kier molecular flexibility index (Phi) is 5.57. The first-order chi connectivity index (χ1) is 11.9. The lowest BCUT2D eigenvalue weighted by Crippen LogP contribution is -2.51. The second-order valence-corrected chi connectivity index (χ2v) is 8.73. The standard InChI is InChI=1S/C20H25NO3S/c1-16-8-10-19(11-9-16)15-25(22,23)21-13-20(24-14-17(21)2)12-18-6-4-3-5-7-18/h3-11,17,20H,12-15H2,1-2H3. The van der Waals surface area contributed by atoms with Gasteiger partial charge in [-0.2, -0.15) is 4.31 Å². The van der Waals surface area contributed by atoms with Crippen LogP contribution in [-0.4, -0.2) is 38.0 Å². The molecule has 134 valence electrons. The van der Waals surface area contributed by atoms with Crippen LogP contribution in [0.15, 0.2) is 54.6 Å². The molecule has 2 aromatic carbocycles. The van der Waals surface area contributed by atoms with Gasteiger partial charge >= 0.3 is 0 Å². The minimum absolute atomic E-state index is 0.0374. The molecule has 0 bridgehead atoms. The molecule has 0 radical (unpaired) electrons. The van der Waals surface area contributed by atoms with E-state index in [1.807, 2.05) is 68.4 Å². The minimum Gasteiger partial charge on any atom is -0.375 e. The summed E-state index contributed by atoms with van der Waals surface area (Å²) in [5.74, 6) is 0.0374. The highest BCUT2D eigenvalue weighted by Crippen LogP contribution is 2.21. The molecule has 0 amide bonds.